The number of ether oxygens (including phenoxy) is 1. The van der Waals surface area contributed by atoms with Crippen LogP contribution in [0.1, 0.15) is 32.5 Å². The van der Waals surface area contributed by atoms with Gasteiger partial charge in [0.2, 0.25) is 0 Å². The van der Waals surface area contributed by atoms with Crippen LogP contribution in [-0.4, -0.2) is 28.2 Å². The molecule has 0 fully saturated rings. The number of aromatic nitrogens is 2. The lowest BCUT2D eigenvalue weighted by molar-refractivity contribution is 0.0958. The zero-order valence-corrected chi connectivity index (χ0v) is 12.5. The summed E-state index contributed by atoms with van der Waals surface area (Å²) in [4.78, 5) is 21.2. The van der Waals surface area contributed by atoms with Gasteiger partial charge in [-0.1, -0.05) is 0 Å². The molecule has 0 aromatic carbocycles. The summed E-state index contributed by atoms with van der Waals surface area (Å²) in [5.41, 5.74) is 4.72. The molecule has 1 N–H and O–H groups in total. The Labute approximate surface area is 125 Å². The third-order valence-electron chi connectivity index (χ3n) is 3.04. The second-order valence-electron chi connectivity index (χ2n) is 4.60. The number of amides is 1. The van der Waals surface area contributed by atoms with Gasteiger partial charge in [-0.3, -0.25) is 9.78 Å². The van der Waals surface area contributed by atoms with Crippen LogP contribution < -0.4 is 10.2 Å². The number of fused-ring (bicyclic) bond motifs is 1. The van der Waals surface area contributed by atoms with Crippen molar-refractivity contribution >= 4 is 23.0 Å². The van der Waals surface area contributed by atoms with Crippen molar-refractivity contribution in [3.05, 3.63) is 39.6 Å². The first-order chi connectivity index (χ1) is 10.1. The Balaban J connectivity index is 1.81. The van der Waals surface area contributed by atoms with Crippen molar-refractivity contribution in [3.63, 3.8) is 0 Å². The third-order valence-corrected chi connectivity index (χ3v) is 4.11. The summed E-state index contributed by atoms with van der Waals surface area (Å²) < 4.78 is 5.50. The van der Waals surface area contributed by atoms with Crippen LogP contribution in [0.15, 0.2) is 23.4 Å². The van der Waals surface area contributed by atoms with Crippen LogP contribution in [0.3, 0.4) is 0 Å². The van der Waals surface area contributed by atoms with Crippen molar-refractivity contribution in [2.75, 3.05) is 6.61 Å². The molecule has 2 aromatic rings. The Bertz CT molecular complexity index is 724. The molecule has 0 spiro atoms. The number of carbonyl (C=O) groups is 1. The molecule has 3 heterocycles. The van der Waals surface area contributed by atoms with E-state index in [0.29, 0.717) is 29.3 Å². The number of carbonyl (C=O) groups excluding carboxylic acids is 1. The second kappa shape index (κ2) is 5.61. The summed E-state index contributed by atoms with van der Waals surface area (Å²) in [6.45, 7) is 4.22. The van der Waals surface area contributed by atoms with E-state index in [9.17, 15) is 4.79 Å². The second-order valence-corrected chi connectivity index (χ2v) is 5.80. The van der Waals surface area contributed by atoms with E-state index < -0.39 is 0 Å². The van der Waals surface area contributed by atoms with Crippen LogP contribution in [0.5, 0.6) is 5.75 Å². The highest BCUT2D eigenvalue weighted by Crippen LogP contribution is 2.22. The molecule has 108 valence electrons. The fraction of sp³-hybridized carbons (Fsp3) is 0.286. The molecule has 1 aliphatic heterocycles. The Kier molecular flexibility index (Phi) is 3.66. The van der Waals surface area contributed by atoms with Crippen LogP contribution in [0, 0.1) is 13.8 Å². The van der Waals surface area contributed by atoms with Gasteiger partial charge in [0, 0.05) is 12.6 Å². The van der Waals surface area contributed by atoms with Gasteiger partial charge in [0.15, 0.2) is 0 Å². The Morgan fingerprint density at radius 1 is 1.48 bits per heavy atom. The van der Waals surface area contributed by atoms with E-state index in [1.54, 1.807) is 6.20 Å². The molecule has 0 aliphatic carbocycles. The normalized spacial score (nSPS) is 15.4. The number of rotatable bonds is 2. The van der Waals surface area contributed by atoms with Gasteiger partial charge in [-0.2, -0.15) is 5.10 Å². The van der Waals surface area contributed by atoms with Crippen molar-refractivity contribution in [1.82, 2.24) is 15.4 Å². The first kappa shape index (κ1) is 13.7. The quantitative estimate of drug-likeness (QED) is 0.862. The van der Waals surface area contributed by atoms with Gasteiger partial charge in [-0.15, -0.1) is 11.3 Å². The lowest BCUT2D eigenvalue weighted by atomic mass is 10.1. The van der Waals surface area contributed by atoms with Gasteiger partial charge in [0.05, 0.1) is 23.0 Å². The summed E-state index contributed by atoms with van der Waals surface area (Å²) >= 11 is 1.36. The predicted molar refractivity (Wildman–Crippen MR) is 79.9 cm³/mol. The minimum atomic E-state index is -0.241. The van der Waals surface area contributed by atoms with Crippen LogP contribution in [0.4, 0.5) is 0 Å². The molecule has 3 rings (SSSR count). The number of thiazole rings is 1. The number of nitrogens with zero attached hydrogens (tertiary/aromatic N) is 3. The molecule has 0 bridgehead atoms. The van der Waals surface area contributed by atoms with E-state index in [1.807, 2.05) is 26.0 Å². The molecule has 2 aromatic heterocycles. The van der Waals surface area contributed by atoms with Gasteiger partial charge >= 0.3 is 0 Å². The van der Waals surface area contributed by atoms with E-state index >= 15 is 0 Å². The average molecular weight is 302 g/mol. The van der Waals surface area contributed by atoms with E-state index in [2.05, 4.69) is 20.5 Å². The molecule has 1 aliphatic rings. The summed E-state index contributed by atoms with van der Waals surface area (Å²) in [5.74, 6) is 0.455. The summed E-state index contributed by atoms with van der Waals surface area (Å²) in [6, 6.07) is 3.65. The molecule has 0 saturated carbocycles. The van der Waals surface area contributed by atoms with Crippen molar-refractivity contribution < 1.29 is 9.53 Å². The lowest BCUT2D eigenvalue weighted by Crippen LogP contribution is -2.24. The maximum Gasteiger partial charge on any atom is 0.283 e. The summed E-state index contributed by atoms with van der Waals surface area (Å²) in [5, 5.41) is 5.07. The average Bonchev–Trinajstić information content (AvgIpc) is 2.83. The summed E-state index contributed by atoms with van der Waals surface area (Å²) in [7, 11) is 0. The van der Waals surface area contributed by atoms with E-state index in [0.717, 1.165) is 16.4 Å². The van der Waals surface area contributed by atoms with Gasteiger partial charge in [0.25, 0.3) is 5.91 Å². The topological polar surface area (TPSA) is 76.5 Å². The number of pyridine rings is 1. The Hall–Kier alpha value is -2.28. The molecule has 21 heavy (non-hydrogen) atoms. The molecule has 1 amide bonds. The smallest absolute Gasteiger partial charge is 0.283 e. The third kappa shape index (κ3) is 2.78. The highest BCUT2D eigenvalue weighted by molar-refractivity contribution is 7.13. The minimum absolute atomic E-state index is 0.241. The van der Waals surface area contributed by atoms with E-state index in [-0.39, 0.29) is 5.91 Å². The van der Waals surface area contributed by atoms with Crippen molar-refractivity contribution in [2.24, 2.45) is 5.10 Å². The lowest BCUT2D eigenvalue weighted by Gasteiger charge is -2.17. The number of hydrogen-bond acceptors (Lipinski definition) is 6. The van der Waals surface area contributed by atoms with Crippen molar-refractivity contribution in [1.29, 1.82) is 0 Å². The maximum atomic E-state index is 12.1. The van der Waals surface area contributed by atoms with Crippen LogP contribution in [0.2, 0.25) is 0 Å². The van der Waals surface area contributed by atoms with Gasteiger partial charge in [-0.25, -0.2) is 10.4 Å². The Morgan fingerprint density at radius 3 is 3.10 bits per heavy atom. The van der Waals surface area contributed by atoms with Crippen LogP contribution in [0.25, 0.3) is 0 Å². The van der Waals surface area contributed by atoms with Gasteiger partial charge in [0.1, 0.15) is 16.3 Å². The first-order valence-corrected chi connectivity index (χ1v) is 7.36. The zero-order valence-electron chi connectivity index (χ0n) is 11.7. The standard InChI is InChI=1S/C14H14N4O2S/c1-8-13(21-9(2)16-8)14(19)18-17-10-5-7-20-11-4-3-6-15-12(10)11/h3-4,6H,5,7H2,1-2H3,(H,18,19)/b17-10+. The molecule has 0 unspecified atom stereocenters. The number of aryl methyl sites for hydroxylation is 2. The molecule has 0 atom stereocenters. The molecule has 6 nitrogen and oxygen atoms in total. The minimum Gasteiger partial charge on any atom is -0.491 e. The van der Waals surface area contributed by atoms with Gasteiger partial charge in [-0.05, 0) is 26.0 Å². The molecular formula is C14H14N4O2S. The van der Waals surface area contributed by atoms with Crippen LogP contribution in [-0.2, 0) is 0 Å². The number of nitrogens with one attached hydrogen (secondary N) is 1. The largest absolute Gasteiger partial charge is 0.491 e. The van der Waals surface area contributed by atoms with Crippen molar-refractivity contribution in [3.8, 4) is 5.75 Å². The first-order valence-electron chi connectivity index (χ1n) is 6.54. The van der Waals surface area contributed by atoms with Gasteiger partial charge < -0.3 is 4.74 Å². The maximum absolute atomic E-state index is 12.1. The predicted octanol–water partition coefficient (Wildman–Crippen LogP) is 2.07. The van der Waals surface area contributed by atoms with E-state index in [1.165, 1.54) is 11.3 Å². The monoisotopic (exact) mass is 302 g/mol. The molecule has 0 saturated heterocycles. The highest BCUT2D eigenvalue weighted by Gasteiger charge is 2.19. The molecular weight excluding hydrogens is 288 g/mol. The summed E-state index contributed by atoms with van der Waals surface area (Å²) in [6.07, 6.45) is 2.30. The van der Waals surface area contributed by atoms with Crippen LogP contribution >= 0.6 is 11.3 Å². The SMILES string of the molecule is Cc1nc(C)c(C(=O)N/N=C2\CCOc3cccnc32)s1. The molecule has 7 heteroatoms. The molecule has 0 radical (unpaired) electrons. The van der Waals surface area contributed by atoms with Crippen molar-refractivity contribution in [2.45, 2.75) is 20.3 Å². The zero-order chi connectivity index (χ0) is 14.8. The fourth-order valence-corrected chi connectivity index (χ4v) is 2.93. The Morgan fingerprint density at radius 2 is 2.33 bits per heavy atom. The van der Waals surface area contributed by atoms with E-state index in [4.69, 9.17) is 4.74 Å². The highest BCUT2D eigenvalue weighted by atomic mass is 32.1. The fourth-order valence-electron chi connectivity index (χ4n) is 2.12. The number of hydrazone groups is 1. The number of hydrogen-bond donors (Lipinski definition) is 1.